The van der Waals surface area contributed by atoms with E-state index in [1.165, 1.54) is 22.9 Å². The van der Waals surface area contributed by atoms with Gasteiger partial charge in [-0.15, -0.1) is 0 Å². The van der Waals surface area contributed by atoms with Crippen LogP contribution in [0.2, 0.25) is 0 Å². The highest BCUT2D eigenvalue weighted by Crippen LogP contribution is 2.22. The van der Waals surface area contributed by atoms with Crippen LogP contribution in [-0.2, 0) is 13.5 Å². The third kappa shape index (κ3) is 8.73. The number of hydrogen-bond donors (Lipinski definition) is 2. The third-order valence-corrected chi connectivity index (χ3v) is 5.85. The van der Waals surface area contributed by atoms with E-state index >= 15 is 0 Å². The minimum Gasteiger partial charge on any atom is -0.404 e. The Morgan fingerprint density at radius 1 is 1.12 bits per heavy atom. The average molecular weight is 539 g/mol. The molecule has 210 valence electrons. The second kappa shape index (κ2) is 15.7. The summed E-state index contributed by atoms with van der Waals surface area (Å²) in [4.78, 5) is 21.4. The number of benzene rings is 2. The first-order valence-electron chi connectivity index (χ1n) is 13.3. The molecule has 0 aliphatic heterocycles. The summed E-state index contributed by atoms with van der Waals surface area (Å²) in [5, 5.41) is 4.84. The summed E-state index contributed by atoms with van der Waals surface area (Å²) in [5.41, 5.74) is 12.9. The molecule has 0 radical (unpaired) electrons. The lowest BCUT2D eigenvalue weighted by Gasteiger charge is -2.11. The van der Waals surface area contributed by atoms with Crippen molar-refractivity contribution in [3.05, 3.63) is 93.8 Å². The standard InChI is InChI=1S/C25H26N6.C5H10N2.C2H6/c1-6-26-25(24-17(3)14-27-18(4)29-24)30-21-9-8-20(16(2)11-21)12-19-7-10-23-22(13-19)28-15-31(23)5;1-5(3-6)4-7-2;1-2/h6-11,13-15,30H,3,12H2,1-2,4-5H3;3-4H,6H2,1-2H3;1-2H3/b25-24-,26-6-;5-3-,7-4?;. The lowest BCUT2D eigenvalue weighted by atomic mass is 9.99. The number of imidazole rings is 1. The van der Waals surface area contributed by atoms with Gasteiger partial charge in [-0.05, 0) is 86.8 Å². The van der Waals surface area contributed by atoms with Gasteiger partial charge in [0.05, 0.1) is 17.4 Å². The average Bonchev–Trinajstić information content (AvgIpc) is 3.32. The van der Waals surface area contributed by atoms with Gasteiger partial charge in [0.15, 0.2) is 5.82 Å². The van der Waals surface area contributed by atoms with Crippen molar-refractivity contribution in [2.45, 2.75) is 48.0 Å². The van der Waals surface area contributed by atoms with E-state index in [1.807, 2.05) is 52.6 Å². The van der Waals surface area contributed by atoms with Crippen molar-refractivity contribution in [1.82, 2.24) is 19.5 Å². The fourth-order valence-electron chi connectivity index (χ4n) is 3.85. The van der Waals surface area contributed by atoms with E-state index in [-0.39, 0.29) is 0 Å². The van der Waals surface area contributed by atoms with Crippen LogP contribution in [-0.4, -0.2) is 39.0 Å². The van der Waals surface area contributed by atoms with Gasteiger partial charge in [0.2, 0.25) is 0 Å². The van der Waals surface area contributed by atoms with Gasteiger partial charge >= 0.3 is 0 Å². The monoisotopic (exact) mass is 538 g/mol. The zero-order valence-electron chi connectivity index (χ0n) is 25.0. The van der Waals surface area contributed by atoms with Crippen LogP contribution >= 0.6 is 0 Å². The Bertz CT molecular complexity index is 1610. The highest BCUT2D eigenvalue weighted by molar-refractivity contribution is 5.77. The predicted molar refractivity (Wildman–Crippen MR) is 171 cm³/mol. The summed E-state index contributed by atoms with van der Waals surface area (Å²) in [7, 11) is 3.73. The van der Waals surface area contributed by atoms with E-state index < -0.39 is 0 Å². The summed E-state index contributed by atoms with van der Waals surface area (Å²) in [5.74, 6) is 1.34. The number of allylic oxidation sites excluding steroid dienone is 1. The fraction of sp³-hybridized carbons (Fsp3) is 0.281. The smallest absolute Gasteiger partial charge is 0.156 e. The zero-order valence-corrected chi connectivity index (χ0v) is 25.0. The summed E-state index contributed by atoms with van der Waals surface area (Å²) >= 11 is 0. The molecule has 0 aliphatic rings. The molecule has 4 aromatic rings. The molecular weight excluding hydrogens is 496 g/mol. The molecule has 0 saturated heterocycles. The highest BCUT2D eigenvalue weighted by Gasteiger charge is 2.07. The van der Waals surface area contributed by atoms with Gasteiger partial charge in [-0.1, -0.05) is 32.6 Å². The van der Waals surface area contributed by atoms with E-state index in [0.29, 0.717) is 17.0 Å². The first kappa shape index (κ1) is 31.6. The van der Waals surface area contributed by atoms with Crippen molar-refractivity contribution in [2.75, 3.05) is 12.4 Å². The van der Waals surface area contributed by atoms with Crippen molar-refractivity contribution < 1.29 is 0 Å². The second-order valence-corrected chi connectivity index (χ2v) is 8.95. The van der Waals surface area contributed by atoms with Crippen LogP contribution in [0.5, 0.6) is 0 Å². The summed E-state index contributed by atoms with van der Waals surface area (Å²) in [6.45, 7) is 15.8. The second-order valence-electron chi connectivity index (χ2n) is 8.95. The Hall–Kier alpha value is -4.59. The summed E-state index contributed by atoms with van der Waals surface area (Å²) < 4.78 is 2.04. The Balaban J connectivity index is 0.000000545. The van der Waals surface area contributed by atoms with Gasteiger partial charge in [0.25, 0.3) is 0 Å². The van der Waals surface area contributed by atoms with E-state index in [4.69, 9.17) is 5.73 Å². The molecule has 0 fully saturated rings. The molecule has 8 heteroatoms. The first-order chi connectivity index (χ1) is 19.2. The Kier molecular flexibility index (Phi) is 12.4. The highest BCUT2D eigenvalue weighted by atomic mass is 15.0. The van der Waals surface area contributed by atoms with Gasteiger partial charge in [-0.3, -0.25) is 4.99 Å². The van der Waals surface area contributed by atoms with E-state index in [9.17, 15) is 0 Å². The topological polar surface area (TPSA) is 106 Å². The number of fused-ring (bicyclic) bond motifs is 1. The molecular formula is C32H42N8. The lowest BCUT2D eigenvalue weighted by molar-refractivity contribution is 0.947. The molecule has 4 rings (SSSR count). The van der Waals surface area contributed by atoms with Crippen LogP contribution in [0.4, 0.5) is 5.69 Å². The number of rotatable bonds is 6. The van der Waals surface area contributed by atoms with Crippen molar-refractivity contribution in [3.8, 4) is 0 Å². The van der Waals surface area contributed by atoms with Crippen molar-refractivity contribution in [2.24, 2.45) is 22.8 Å². The van der Waals surface area contributed by atoms with Crippen LogP contribution in [0.1, 0.15) is 50.2 Å². The zero-order chi connectivity index (χ0) is 29.7. The quantitative estimate of drug-likeness (QED) is 0.342. The van der Waals surface area contributed by atoms with Gasteiger partial charge in [0, 0.05) is 43.6 Å². The van der Waals surface area contributed by atoms with Crippen LogP contribution < -0.4 is 21.6 Å². The number of nitrogens with one attached hydrogen (secondary N) is 1. The Labute approximate surface area is 237 Å². The largest absolute Gasteiger partial charge is 0.404 e. The number of aromatic nitrogens is 4. The molecule has 0 aliphatic carbocycles. The molecule has 2 aromatic carbocycles. The van der Waals surface area contributed by atoms with Crippen LogP contribution in [0.15, 0.2) is 70.7 Å². The fourth-order valence-corrected chi connectivity index (χ4v) is 3.85. The molecule has 2 heterocycles. The first-order valence-corrected chi connectivity index (χ1v) is 13.3. The van der Waals surface area contributed by atoms with Gasteiger partial charge in [0.1, 0.15) is 11.2 Å². The molecule has 0 atom stereocenters. The Morgan fingerprint density at radius 2 is 1.88 bits per heavy atom. The number of aliphatic imine (C=N–C) groups is 2. The summed E-state index contributed by atoms with van der Waals surface area (Å²) in [6.07, 6.45) is 9.40. The van der Waals surface area contributed by atoms with Crippen molar-refractivity contribution >= 4 is 41.5 Å². The minimum absolute atomic E-state index is 0.658. The number of anilines is 1. The molecule has 0 amide bonds. The number of aryl methyl sites for hydroxylation is 3. The van der Waals surface area contributed by atoms with Gasteiger partial charge in [-0.2, -0.15) is 0 Å². The number of nitrogens with two attached hydrogens (primary N) is 1. The van der Waals surface area contributed by atoms with E-state index in [1.54, 1.807) is 25.7 Å². The predicted octanol–water partition coefficient (Wildman–Crippen LogP) is 4.83. The maximum Gasteiger partial charge on any atom is 0.156 e. The van der Waals surface area contributed by atoms with E-state index in [0.717, 1.165) is 33.9 Å². The van der Waals surface area contributed by atoms with Crippen LogP contribution in [0.25, 0.3) is 23.4 Å². The Morgan fingerprint density at radius 3 is 2.50 bits per heavy atom. The molecule has 0 spiro atoms. The molecule has 0 saturated carbocycles. The van der Waals surface area contributed by atoms with E-state index in [2.05, 4.69) is 80.2 Å². The minimum atomic E-state index is 0.658. The molecule has 3 N–H and O–H groups in total. The maximum atomic E-state index is 5.10. The third-order valence-electron chi connectivity index (χ3n) is 5.85. The number of nitrogens with zero attached hydrogens (tertiary/aromatic N) is 6. The van der Waals surface area contributed by atoms with Crippen molar-refractivity contribution in [1.29, 1.82) is 0 Å². The molecule has 40 heavy (non-hydrogen) atoms. The summed E-state index contributed by atoms with van der Waals surface area (Å²) in [6, 6.07) is 12.8. The van der Waals surface area contributed by atoms with Gasteiger partial charge in [-0.25, -0.2) is 19.9 Å². The SMILES string of the molecule is C=c1cnc(C)n/c1=C(/N=C\C)Nc1ccc(Cc2ccc3c(c2)ncn3C)c(C)c1.CC.CN=C/C(C)=C\N. The van der Waals surface area contributed by atoms with Crippen LogP contribution in [0.3, 0.4) is 0 Å². The lowest BCUT2D eigenvalue weighted by Crippen LogP contribution is -2.32. The van der Waals surface area contributed by atoms with Crippen molar-refractivity contribution in [3.63, 3.8) is 0 Å². The van der Waals surface area contributed by atoms with Crippen LogP contribution in [0, 0.1) is 13.8 Å². The van der Waals surface area contributed by atoms with Gasteiger partial charge < -0.3 is 15.6 Å². The number of hydrogen-bond acceptors (Lipinski definition) is 7. The molecule has 8 nitrogen and oxygen atoms in total. The molecule has 0 bridgehead atoms. The molecule has 0 unspecified atom stereocenters. The molecule has 2 aromatic heterocycles. The normalized spacial score (nSPS) is 12.2. The maximum absolute atomic E-state index is 5.10.